The van der Waals surface area contributed by atoms with E-state index >= 15 is 0 Å². The second-order valence-electron chi connectivity index (χ2n) is 6.02. The predicted octanol–water partition coefficient (Wildman–Crippen LogP) is 2.04. The van der Waals surface area contributed by atoms with Crippen LogP contribution in [0.5, 0.6) is 0 Å². The summed E-state index contributed by atoms with van der Waals surface area (Å²) >= 11 is 0. The molecule has 0 radical (unpaired) electrons. The minimum atomic E-state index is 0.584. The fourth-order valence-corrected chi connectivity index (χ4v) is 2.68. The molecular formula is C20H26N6O. The molecule has 0 aliphatic carbocycles. The molecule has 7 nitrogen and oxygen atoms in total. The molecule has 2 aromatic heterocycles. The molecule has 0 saturated heterocycles. The van der Waals surface area contributed by atoms with Gasteiger partial charge in [0.25, 0.3) is 0 Å². The molecule has 2 heterocycles. The third kappa shape index (κ3) is 5.79. The van der Waals surface area contributed by atoms with Crippen LogP contribution in [0.2, 0.25) is 0 Å². The quantitative estimate of drug-likeness (QED) is 0.344. The zero-order valence-corrected chi connectivity index (χ0v) is 15.6. The third-order valence-electron chi connectivity index (χ3n) is 3.99. The molecule has 142 valence electrons. The molecule has 0 fully saturated rings. The number of rotatable bonds is 9. The molecule has 3 aromatic rings. The first kappa shape index (κ1) is 18.8. The fourth-order valence-electron chi connectivity index (χ4n) is 2.68. The van der Waals surface area contributed by atoms with Gasteiger partial charge in [0, 0.05) is 25.7 Å². The van der Waals surface area contributed by atoms with Crippen molar-refractivity contribution in [2.75, 3.05) is 26.2 Å². The first-order chi connectivity index (χ1) is 13.4. The lowest BCUT2D eigenvalue weighted by molar-refractivity contribution is 0.128. The highest BCUT2D eigenvalue weighted by Crippen LogP contribution is 2.03. The van der Waals surface area contributed by atoms with Crippen LogP contribution in [0.3, 0.4) is 0 Å². The molecule has 0 atom stereocenters. The Morgan fingerprint density at radius 3 is 2.78 bits per heavy atom. The standard InChI is InChI=1S/C20H26N6O/c1-2-21-20(23-13-15-27-16-17-8-4-3-5-9-17)22-12-11-19-25-24-18-10-6-7-14-26(18)19/h3-10,14H,2,11-13,15-16H2,1H3,(H2,21,22,23). The highest BCUT2D eigenvalue weighted by Gasteiger charge is 2.04. The summed E-state index contributed by atoms with van der Waals surface area (Å²) in [6.45, 7) is 5.39. The van der Waals surface area contributed by atoms with Crippen molar-refractivity contribution in [1.29, 1.82) is 0 Å². The van der Waals surface area contributed by atoms with Crippen molar-refractivity contribution < 1.29 is 4.74 Å². The average Bonchev–Trinajstić information content (AvgIpc) is 3.12. The van der Waals surface area contributed by atoms with Crippen LogP contribution in [0.1, 0.15) is 18.3 Å². The molecule has 1 aromatic carbocycles. The number of nitrogens with one attached hydrogen (secondary N) is 2. The topological polar surface area (TPSA) is 75.8 Å². The minimum Gasteiger partial charge on any atom is -0.375 e. The fraction of sp³-hybridized carbons (Fsp3) is 0.350. The number of benzene rings is 1. The highest BCUT2D eigenvalue weighted by molar-refractivity contribution is 5.79. The number of guanidine groups is 1. The van der Waals surface area contributed by atoms with Gasteiger partial charge in [-0.2, -0.15) is 0 Å². The van der Waals surface area contributed by atoms with Crippen molar-refractivity contribution in [2.45, 2.75) is 20.0 Å². The van der Waals surface area contributed by atoms with Gasteiger partial charge in [-0.1, -0.05) is 36.4 Å². The molecule has 0 spiro atoms. The van der Waals surface area contributed by atoms with Crippen LogP contribution in [0, 0.1) is 0 Å². The second-order valence-corrected chi connectivity index (χ2v) is 6.02. The summed E-state index contributed by atoms with van der Waals surface area (Å²) in [5.74, 6) is 1.72. The number of nitrogens with zero attached hydrogens (tertiary/aromatic N) is 4. The number of aromatic nitrogens is 3. The Morgan fingerprint density at radius 2 is 1.93 bits per heavy atom. The van der Waals surface area contributed by atoms with Crippen LogP contribution >= 0.6 is 0 Å². The lowest BCUT2D eigenvalue weighted by Crippen LogP contribution is -2.38. The van der Waals surface area contributed by atoms with Crippen LogP contribution in [0.25, 0.3) is 5.65 Å². The van der Waals surface area contributed by atoms with Crippen molar-refractivity contribution >= 4 is 11.6 Å². The van der Waals surface area contributed by atoms with E-state index < -0.39 is 0 Å². The van der Waals surface area contributed by atoms with E-state index in [1.54, 1.807) is 0 Å². The van der Waals surface area contributed by atoms with Crippen molar-refractivity contribution in [2.24, 2.45) is 4.99 Å². The molecule has 7 heteroatoms. The summed E-state index contributed by atoms with van der Waals surface area (Å²) in [6, 6.07) is 16.0. The van der Waals surface area contributed by atoms with Crippen LogP contribution < -0.4 is 10.6 Å². The molecule has 0 aliphatic heterocycles. The molecule has 3 rings (SSSR count). The number of aliphatic imine (C=N–C) groups is 1. The number of hydrogen-bond donors (Lipinski definition) is 2. The van der Waals surface area contributed by atoms with E-state index in [0.717, 1.165) is 36.9 Å². The first-order valence-electron chi connectivity index (χ1n) is 9.29. The summed E-state index contributed by atoms with van der Waals surface area (Å²) in [7, 11) is 0. The maximum Gasteiger partial charge on any atom is 0.191 e. The Balaban J connectivity index is 1.42. The maximum atomic E-state index is 5.68. The lowest BCUT2D eigenvalue weighted by Gasteiger charge is -2.11. The highest BCUT2D eigenvalue weighted by atomic mass is 16.5. The molecule has 0 saturated carbocycles. The molecular weight excluding hydrogens is 340 g/mol. The summed E-state index contributed by atoms with van der Waals surface area (Å²) in [6.07, 6.45) is 2.74. The van der Waals surface area contributed by atoms with Crippen LogP contribution in [0.15, 0.2) is 59.7 Å². The number of pyridine rings is 1. The number of ether oxygens (including phenoxy) is 1. The van der Waals surface area contributed by atoms with Crippen LogP contribution in [-0.2, 0) is 17.8 Å². The third-order valence-corrected chi connectivity index (χ3v) is 3.99. The van der Waals surface area contributed by atoms with Gasteiger partial charge in [-0.05, 0) is 24.6 Å². The Labute approximate surface area is 159 Å². The van der Waals surface area contributed by atoms with Crippen molar-refractivity contribution in [3.8, 4) is 0 Å². The number of fused-ring (bicyclic) bond motifs is 1. The van der Waals surface area contributed by atoms with E-state index in [9.17, 15) is 0 Å². The molecule has 0 bridgehead atoms. The smallest absolute Gasteiger partial charge is 0.191 e. The SMILES string of the molecule is CCNC(=NCCOCc1ccccc1)NCCc1nnc2ccccn12. The molecule has 2 N–H and O–H groups in total. The molecule has 0 unspecified atom stereocenters. The zero-order chi connectivity index (χ0) is 18.7. The summed E-state index contributed by atoms with van der Waals surface area (Å²) in [5, 5.41) is 15.0. The van der Waals surface area contributed by atoms with Crippen molar-refractivity contribution in [3.63, 3.8) is 0 Å². The van der Waals surface area contributed by atoms with E-state index in [-0.39, 0.29) is 0 Å². The van der Waals surface area contributed by atoms with Gasteiger partial charge in [0.05, 0.1) is 19.8 Å². The van der Waals surface area contributed by atoms with E-state index in [2.05, 4.69) is 44.9 Å². The van der Waals surface area contributed by atoms with Gasteiger partial charge in [0.15, 0.2) is 11.6 Å². The number of hydrogen-bond acceptors (Lipinski definition) is 4. The van der Waals surface area contributed by atoms with Crippen LogP contribution in [-0.4, -0.2) is 46.8 Å². The Hall–Kier alpha value is -2.93. The monoisotopic (exact) mass is 366 g/mol. The lowest BCUT2D eigenvalue weighted by atomic mass is 10.2. The van der Waals surface area contributed by atoms with E-state index in [1.165, 1.54) is 5.56 Å². The van der Waals surface area contributed by atoms with Gasteiger partial charge in [-0.15, -0.1) is 10.2 Å². The first-order valence-corrected chi connectivity index (χ1v) is 9.29. The molecule has 27 heavy (non-hydrogen) atoms. The van der Waals surface area contributed by atoms with Gasteiger partial charge in [-0.25, -0.2) is 0 Å². The molecule has 0 amide bonds. The van der Waals surface area contributed by atoms with Crippen molar-refractivity contribution in [3.05, 3.63) is 66.1 Å². The Morgan fingerprint density at radius 1 is 1.07 bits per heavy atom. The van der Waals surface area contributed by atoms with Gasteiger partial charge in [-0.3, -0.25) is 9.39 Å². The van der Waals surface area contributed by atoms with E-state index in [0.29, 0.717) is 19.8 Å². The van der Waals surface area contributed by atoms with Gasteiger partial charge in [0.1, 0.15) is 5.82 Å². The maximum absolute atomic E-state index is 5.68. The normalized spacial score (nSPS) is 11.7. The molecule has 0 aliphatic rings. The van der Waals surface area contributed by atoms with E-state index in [4.69, 9.17) is 4.74 Å². The minimum absolute atomic E-state index is 0.584. The second kappa shape index (κ2) is 10.3. The Bertz CT molecular complexity index is 846. The van der Waals surface area contributed by atoms with Crippen molar-refractivity contribution in [1.82, 2.24) is 25.2 Å². The Kier molecular flexibility index (Phi) is 7.17. The summed E-state index contributed by atoms with van der Waals surface area (Å²) in [4.78, 5) is 4.55. The van der Waals surface area contributed by atoms with E-state index in [1.807, 2.05) is 47.0 Å². The van der Waals surface area contributed by atoms with Gasteiger partial charge < -0.3 is 15.4 Å². The zero-order valence-electron chi connectivity index (χ0n) is 15.6. The summed E-state index contributed by atoms with van der Waals surface area (Å²) < 4.78 is 7.68. The largest absolute Gasteiger partial charge is 0.375 e. The van der Waals surface area contributed by atoms with Gasteiger partial charge >= 0.3 is 0 Å². The van der Waals surface area contributed by atoms with Gasteiger partial charge in [0.2, 0.25) is 0 Å². The summed E-state index contributed by atoms with van der Waals surface area (Å²) in [5.41, 5.74) is 2.04. The van der Waals surface area contributed by atoms with Crippen LogP contribution in [0.4, 0.5) is 0 Å². The predicted molar refractivity (Wildman–Crippen MR) is 107 cm³/mol. The average molecular weight is 366 g/mol.